The number of hydrogen-bond acceptors (Lipinski definition) is 4. The van der Waals surface area contributed by atoms with Crippen molar-refractivity contribution in [2.24, 2.45) is 0 Å². The SMILES string of the molecule is c1cncc(-c2c3ccccc3c(-c3ccc4nn(-c5ccc(-c6c7ccccc7c(-c7cnc8ccccc8c7)c7ccccc67)cc5)nc4c3)c3ccccc23)c1. The van der Waals surface area contributed by atoms with E-state index in [9.17, 15) is 0 Å². The summed E-state index contributed by atoms with van der Waals surface area (Å²) < 4.78 is 0. The number of hydrogen-bond donors (Lipinski definition) is 0. The smallest absolute Gasteiger partial charge is 0.114 e. The fraction of sp³-hybridized carbons (Fsp3) is 0. The third-order valence-electron chi connectivity index (χ3n) is 11.7. The number of pyridine rings is 2. The molecule has 5 nitrogen and oxygen atoms in total. The summed E-state index contributed by atoms with van der Waals surface area (Å²) in [6.07, 6.45) is 5.79. The van der Waals surface area contributed by atoms with Gasteiger partial charge < -0.3 is 0 Å². The van der Waals surface area contributed by atoms with Crippen LogP contribution in [0.3, 0.4) is 0 Å². The molecule has 0 fully saturated rings. The molecule has 3 heterocycles. The number of rotatable bonds is 5. The summed E-state index contributed by atoms with van der Waals surface area (Å²) in [5.74, 6) is 0. The molecule has 9 aromatic carbocycles. The molecule has 0 spiro atoms. The molecule has 3 aromatic heterocycles. The Bertz CT molecular complexity index is 3490. The van der Waals surface area contributed by atoms with Gasteiger partial charge in [-0.1, -0.05) is 140 Å². The number of para-hydroxylation sites is 1. The second kappa shape index (κ2) is 13.3. The van der Waals surface area contributed by atoms with E-state index < -0.39 is 0 Å². The van der Waals surface area contributed by atoms with Crippen molar-refractivity contribution in [3.63, 3.8) is 0 Å². The van der Waals surface area contributed by atoms with Crippen LogP contribution in [0.25, 0.3) is 115 Å². The monoisotopic (exact) mass is 751 g/mol. The lowest BCUT2D eigenvalue weighted by Crippen LogP contribution is -1.98. The highest BCUT2D eigenvalue weighted by atomic mass is 15.5. The van der Waals surface area contributed by atoms with E-state index in [4.69, 9.17) is 15.2 Å². The average Bonchev–Trinajstić information content (AvgIpc) is 3.74. The van der Waals surface area contributed by atoms with Crippen molar-refractivity contribution in [2.45, 2.75) is 0 Å². The van der Waals surface area contributed by atoms with Gasteiger partial charge in [-0.05, 0) is 119 Å². The van der Waals surface area contributed by atoms with Gasteiger partial charge in [-0.3, -0.25) is 9.97 Å². The van der Waals surface area contributed by atoms with Crippen LogP contribution in [0, 0.1) is 0 Å². The van der Waals surface area contributed by atoms with Crippen LogP contribution in [0.5, 0.6) is 0 Å². The molecule has 0 atom stereocenters. The summed E-state index contributed by atoms with van der Waals surface area (Å²) in [6, 6.07) is 64.6. The minimum absolute atomic E-state index is 0.840. The lowest BCUT2D eigenvalue weighted by atomic mass is 9.86. The van der Waals surface area contributed by atoms with Gasteiger partial charge in [-0.2, -0.15) is 4.80 Å². The zero-order valence-electron chi connectivity index (χ0n) is 31.8. The first-order valence-electron chi connectivity index (χ1n) is 19.9. The van der Waals surface area contributed by atoms with E-state index >= 15 is 0 Å². The maximum atomic E-state index is 5.05. The summed E-state index contributed by atoms with van der Waals surface area (Å²) in [7, 11) is 0. The molecular weight excluding hydrogens is 719 g/mol. The molecule has 274 valence electrons. The molecule has 0 saturated carbocycles. The topological polar surface area (TPSA) is 56.5 Å². The predicted molar refractivity (Wildman–Crippen MR) is 244 cm³/mol. The number of aromatic nitrogens is 5. The van der Waals surface area contributed by atoms with E-state index in [-0.39, 0.29) is 0 Å². The molecular formula is C54H33N5. The van der Waals surface area contributed by atoms with Gasteiger partial charge in [0.05, 0.1) is 11.2 Å². The van der Waals surface area contributed by atoms with Crippen molar-refractivity contribution in [3.05, 3.63) is 201 Å². The van der Waals surface area contributed by atoms with Crippen LogP contribution in [0.15, 0.2) is 201 Å². The molecule has 0 aliphatic carbocycles. The molecule has 12 rings (SSSR count). The molecule has 0 saturated heterocycles. The molecule has 5 heteroatoms. The summed E-state index contributed by atoms with van der Waals surface area (Å²) >= 11 is 0. The van der Waals surface area contributed by atoms with Gasteiger partial charge in [-0.15, -0.1) is 10.2 Å². The molecule has 0 amide bonds. The van der Waals surface area contributed by atoms with Gasteiger partial charge in [0.15, 0.2) is 0 Å². The van der Waals surface area contributed by atoms with Crippen LogP contribution in [-0.4, -0.2) is 25.0 Å². The van der Waals surface area contributed by atoms with Crippen LogP contribution >= 0.6 is 0 Å². The van der Waals surface area contributed by atoms with Crippen molar-refractivity contribution >= 4 is 65.0 Å². The van der Waals surface area contributed by atoms with Crippen LogP contribution in [0.4, 0.5) is 0 Å². The first-order chi connectivity index (χ1) is 29.3. The molecule has 0 unspecified atom stereocenters. The largest absolute Gasteiger partial charge is 0.264 e. The minimum Gasteiger partial charge on any atom is -0.264 e. The lowest BCUT2D eigenvalue weighted by molar-refractivity contribution is 0.766. The molecule has 0 aliphatic rings. The zero-order chi connectivity index (χ0) is 38.9. The Balaban J connectivity index is 0.962. The van der Waals surface area contributed by atoms with E-state index in [0.717, 1.165) is 49.9 Å². The van der Waals surface area contributed by atoms with E-state index in [1.54, 1.807) is 4.80 Å². The fourth-order valence-corrected chi connectivity index (χ4v) is 9.17. The highest BCUT2D eigenvalue weighted by Crippen LogP contribution is 2.45. The van der Waals surface area contributed by atoms with E-state index in [1.165, 1.54) is 65.3 Å². The Morgan fingerprint density at radius 1 is 0.322 bits per heavy atom. The third kappa shape index (κ3) is 5.33. The summed E-state index contributed by atoms with van der Waals surface area (Å²) in [5, 5.41) is 20.7. The van der Waals surface area contributed by atoms with Gasteiger partial charge in [0.1, 0.15) is 11.0 Å². The Hall–Kier alpha value is -8.02. The van der Waals surface area contributed by atoms with Gasteiger partial charge in [-0.25, -0.2) is 0 Å². The number of nitrogens with zero attached hydrogens (tertiary/aromatic N) is 5. The van der Waals surface area contributed by atoms with Crippen molar-refractivity contribution in [1.82, 2.24) is 25.0 Å². The second-order valence-electron chi connectivity index (χ2n) is 15.1. The van der Waals surface area contributed by atoms with Gasteiger partial charge in [0.25, 0.3) is 0 Å². The maximum Gasteiger partial charge on any atom is 0.114 e. The van der Waals surface area contributed by atoms with Crippen molar-refractivity contribution < 1.29 is 0 Å². The summed E-state index contributed by atoms with van der Waals surface area (Å²) in [5.41, 5.74) is 12.8. The van der Waals surface area contributed by atoms with Gasteiger partial charge in [0.2, 0.25) is 0 Å². The molecule has 0 bridgehead atoms. The first-order valence-corrected chi connectivity index (χ1v) is 19.9. The van der Waals surface area contributed by atoms with Crippen LogP contribution < -0.4 is 0 Å². The quantitative estimate of drug-likeness (QED) is 0.164. The molecule has 12 aromatic rings. The van der Waals surface area contributed by atoms with Crippen LogP contribution in [0.2, 0.25) is 0 Å². The minimum atomic E-state index is 0.840. The normalized spacial score (nSPS) is 11.7. The van der Waals surface area contributed by atoms with Gasteiger partial charge in [0, 0.05) is 35.1 Å². The molecule has 0 radical (unpaired) electrons. The maximum absolute atomic E-state index is 5.05. The summed E-state index contributed by atoms with van der Waals surface area (Å²) in [6.45, 7) is 0. The van der Waals surface area contributed by atoms with E-state index in [2.05, 4.69) is 175 Å². The van der Waals surface area contributed by atoms with Crippen LogP contribution in [-0.2, 0) is 0 Å². The highest BCUT2D eigenvalue weighted by Gasteiger charge is 2.19. The first kappa shape index (κ1) is 33.2. The Morgan fingerprint density at radius 2 is 0.814 bits per heavy atom. The van der Waals surface area contributed by atoms with Crippen molar-refractivity contribution in [2.75, 3.05) is 0 Å². The Kier molecular flexibility index (Phi) is 7.47. The van der Waals surface area contributed by atoms with E-state index in [1.807, 2.05) is 30.7 Å². The Morgan fingerprint density at radius 3 is 1.39 bits per heavy atom. The molecule has 0 N–H and O–H groups in total. The van der Waals surface area contributed by atoms with Crippen molar-refractivity contribution in [3.8, 4) is 50.2 Å². The molecule has 59 heavy (non-hydrogen) atoms. The number of benzene rings is 9. The highest BCUT2D eigenvalue weighted by molar-refractivity contribution is 6.23. The van der Waals surface area contributed by atoms with E-state index in [0.29, 0.717) is 0 Å². The Labute approximate surface area is 339 Å². The third-order valence-corrected chi connectivity index (χ3v) is 11.7. The zero-order valence-corrected chi connectivity index (χ0v) is 31.8. The van der Waals surface area contributed by atoms with Gasteiger partial charge >= 0.3 is 0 Å². The molecule has 0 aliphatic heterocycles. The predicted octanol–water partition coefficient (Wildman–Crippen LogP) is 13.6. The second-order valence-corrected chi connectivity index (χ2v) is 15.1. The summed E-state index contributed by atoms with van der Waals surface area (Å²) in [4.78, 5) is 11.1. The standard InChI is InChI=1S/C54H33N5/c1-10-22-48-35(12-1)30-38(33-56-48)54-46-20-8-2-14-40(46)51(41-15-3-9-21-47(41)54)34-23-26-39(27-24-34)59-57-49-28-25-36(31-50(49)58-59)52-42-16-4-6-18-44(42)53(37-13-11-29-55-32-37)45-19-7-5-17-43(45)52/h1-33H. The number of fused-ring (bicyclic) bond motifs is 6. The van der Waals surface area contributed by atoms with Crippen LogP contribution in [0.1, 0.15) is 0 Å². The fourth-order valence-electron chi connectivity index (χ4n) is 9.17. The average molecular weight is 752 g/mol. The lowest BCUT2D eigenvalue weighted by Gasteiger charge is -2.18. The van der Waals surface area contributed by atoms with Crippen molar-refractivity contribution in [1.29, 1.82) is 0 Å².